The van der Waals surface area contributed by atoms with Gasteiger partial charge in [0.1, 0.15) is 0 Å². The fraction of sp³-hybridized carbons (Fsp3) is 1.00. The van der Waals surface area contributed by atoms with Crippen molar-refractivity contribution >= 4 is 0 Å². The smallest absolute Gasteiger partial charge is 0.383 e. The van der Waals surface area contributed by atoms with Crippen molar-refractivity contribution in [2.45, 2.75) is 43.9 Å². The van der Waals surface area contributed by atoms with Crippen molar-refractivity contribution in [3.8, 4) is 0 Å². The number of hydrogen-bond donors (Lipinski definition) is 1. The quantitative estimate of drug-likeness (QED) is 0.671. The Morgan fingerprint density at radius 3 is 1.93 bits per heavy atom. The average molecular weight is 218 g/mol. The van der Waals surface area contributed by atoms with Crippen LogP contribution < -0.4 is 0 Å². The van der Waals surface area contributed by atoms with E-state index in [1.807, 2.05) is 0 Å². The summed E-state index contributed by atoms with van der Waals surface area (Å²) < 4.78 is 61.1. The van der Waals surface area contributed by atoms with Gasteiger partial charge in [0.15, 0.2) is 6.10 Å². The third kappa shape index (κ3) is 2.80. The molecule has 0 unspecified atom stereocenters. The maximum atomic E-state index is 12.6. The number of aliphatic hydroxyl groups excluding tert-OH is 1. The molecule has 0 bridgehead atoms. The maximum absolute atomic E-state index is 12.6. The molecule has 0 spiro atoms. The second-order valence-electron chi connectivity index (χ2n) is 3.68. The molecule has 1 nitrogen and oxygen atoms in total. The minimum atomic E-state index is -4.70. The lowest BCUT2D eigenvalue weighted by molar-refractivity contribution is -0.226. The summed E-state index contributed by atoms with van der Waals surface area (Å²) in [4.78, 5) is 0. The second kappa shape index (κ2) is 3.64. The lowest BCUT2D eigenvalue weighted by Gasteiger charge is -2.31. The first-order chi connectivity index (χ1) is 6.22. The zero-order chi connectivity index (χ0) is 11.0. The molecule has 0 aromatic rings. The van der Waals surface area contributed by atoms with E-state index in [0.717, 1.165) is 0 Å². The Labute approximate surface area is 77.9 Å². The monoisotopic (exact) mass is 218 g/mol. The first-order valence-electron chi connectivity index (χ1n) is 4.35. The van der Waals surface area contributed by atoms with E-state index in [-0.39, 0.29) is 12.8 Å². The summed E-state index contributed by atoms with van der Waals surface area (Å²) in [5.74, 6) is -3.93. The summed E-state index contributed by atoms with van der Waals surface area (Å²) in [5, 5.41) is 8.81. The lowest BCUT2D eigenvalue weighted by atomic mass is 9.83. The third-order valence-corrected chi connectivity index (χ3v) is 2.54. The zero-order valence-electron chi connectivity index (χ0n) is 7.32. The molecule has 1 aliphatic rings. The van der Waals surface area contributed by atoms with E-state index in [0.29, 0.717) is 0 Å². The maximum Gasteiger partial charge on any atom is 0.414 e. The van der Waals surface area contributed by atoms with E-state index < -0.39 is 37.0 Å². The standard InChI is InChI=1S/C8H11F5O/c9-7(10)3-1-5(2-4-7)6(14)8(11,12)13/h5-6,14H,1-4H2/t6-/m0/s1. The number of hydrogen-bond acceptors (Lipinski definition) is 1. The Kier molecular flexibility index (Phi) is 3.04. The molecule has 14 heavy (non-hydrogen) atoms. The van der Waals surface area contributed by atoms with E-state index in [1.165, 1.54) is 0 Å². The predicted molar refractivity (Wildman–Crippen MR) is 39.0 cm³/mol. The molecule has 0 radical (unpaired) electrons. The van der Waals surface area contributed by atoms with E-state index in [2.05, 4.69) is 0 Å². The third-order valence-electron chi connectivity index (χ3n) is 2.54. The molecule has 84 valence electrons. The van der Waals surface area contributed by atoms with Crippen molar-refractivity contribution in [3.63, 3.8) is 0 Å². The largest absolute Gasteiger partial charge is 0.414 e. The van der Waals surface area contributed by atoms with Gasteiger partial charge in [0.25, 0.3) is 0 Å². The summed E-state index contributed by atoms with van der Waals surface area (Å²) in [6, 6.07) is 0. The highest BCUT2D eigenvalue weighted by atomic mass is 19.4. The molecular formula is C8H11F5O. The summed E-state index contributed by atoms with van der Waals surface area (Å²) in [5.41, 5.74) is 0. The van der Waals surface area contributed by atoms with Crippen molar-refractivity contribution < 1.29 is 27.1 Å². The number of aliphatic hydroxyl groups is 1. The van der Waals surface area contributed by atoms with Crippen LogP contribution in [0.5, 0.6) is 0 Å². The minimum Gasteiger partial charge on any atom is -0.383 e. The van der Waals surface area contributed by atoms with Crippen LogP contribution in [0, 0.1) is 5.92 Å². The van der Waals surface area contributed by atoms with Crippen LogP contribution in [0.15, 0.2) is 0 Å². The molecule has 1 atom stereocenters. The highest BCUT2D eigenvalue weighted by molar-refractivity contribution is 4.84. The summed E-state index contributed by atoms with van der Waals surface area (Å²) in [6.07, 6.45) is -8.83. The molecule has 0 amide bonds. The van der Waals surface area contributed by atoms with Crippen LogP contribution in [-0.2, 0) is 0 Å². The SMILES string of the molecule is O[C@@H](C1CCC(F)(F)CC1)C(F)(F)F. The zero-order valence-corrected chi connectivity index (χ0v) is 7.32. The molecule has 1 saturated carbocycles. The van der Waals surface area contributed by atoms with Gasteiger partial charge in [0.2, 0.25) is 5.92 Å². The van der Waals surface area contributed by atoms with Gasteiger partial charge < -0.3 is 5.11 Å². The Morgan fingerprint density at radius 2 is 1.57 bits per heavy atom. The Hall–Kier alpha value is -0.390. The summed E-state index contributed by atoms with van der Waals surface area (Å²) in [6.45, 7) is 0. The lowest BCUT2D eigenvalue weighted by Crippen LogP contribution is -2.39. The van der Waals surface area contributed by atoms with Crippen LogP contribution in [0.4, 0.5) is 22.0 Å². The van der Waals surface area contributed by atoms with Crippen molar-refractivity contribution in [1.29, 1.82) is 0 Å². The molecule has 6 heteroatoms. The van der Waals surface area contributed by atoms with Crippen molar-refractivity contribution in [2.24, 2.45) is 5.92 Å². The van der Waals surface area contributed by atoms with E-state index >= 15 is 0 Å². The van der Waals surface area contributed by atoms with Crippen LogP contribution in [-0.4, -0.2) is 23.3 Å². The topological polar surface area (TPSA) is 20.2 Å². The molecular weight excluding hydrogens is 207 g/mol. The molecule has 0 saturated heterocycles. The number of rotatable bonds is 1. The van der Waals surface area contributed by atoms with Gasteiger partial charge in [-0.15, -0.1) is 0 Å². The van der Waals surface area contributed by atoms with Crippen molar-refractivity contribution in [1.82, 2.24) is 0 Å². The van der Waals surface area contributed by atoms with Gasteiger partial charge in [-0.1, -0.05) is 0 Å². The normalized spacial score (nSPS) is 26.1. The molecule has 1 fully saturated rings. The predicted octanol–water partition coefficient (Wildman–Crippen LogP) is 2.74. The van der Waals surface area contributed by atoms with Gasteiger partial charge in [-0.3, -0.25) is 0 Å². The summed E-state index contributed by atoms with van der Waals surface area (Å²) >= 11 is 0. The molecule has 1 N–H and O–H groups in total. The van der Waals surface area contributed by atoms with Gasteiger partial charge in [0.05, 0.1) is 0 Å². The van der Waals surface area contributed by atoms with Crippen LogP contribution in [0.2, 0.25) is 0 Å². The van der Waals surface area contributed by atoms with Crippen LogP contribution >= 0.6 is 0 Å². The molecule has 0 aliphatic heterocycles. The van der Waals surface area contributed by atoms with Crippen LogP contribution in [0.3, 0.4) is 0 Å². The van der Waals surface area contributed by atoms with E-state index in [4.69, 9.17) is 5.11 Å². The van der Waals surface area contributed by atoms with Gasteiger partial charge in [-0.2, -0.15) is 13.2 Å². The second-order valence-corrected chi connectivity index (χ2v) is 3.68. The highest BCUT2D eigenvalue weighted by Crippen LogP contribution is 2.40. The fourth-order valence-electron chi connectivity index (χ4n) is 1.65. The highest BCUT2D eigenvalue weighted by Gasteiger charge is 2.47. The summed E-state index contributed by atoms with van der Waals surface area (Å²) in [7, 11) is 0. The van der Waals surface area contributed by atoms with E-state index in [1.54, 1.807) is 0 Å². The first-order valence-corrected chi connectivity index (χ1v) is 4.35. The van der Waals surface area contributed by atoms with Gasteiger partial charge in [-0.25, -0.2) is 8.78 Å². The fourth-order valence-corrected chi connectivity index (χ4v) is 1.65. The molecule has 1 aliphatic carbocycles. The Bertz CT molecular complexity index is 190. The number of halogens is 5. The first kappa shape index (κ1) is 11.7. The molecule has 0 aromatic carbocycles. The Morgan fingerprint density at radius 1 is 1.14 bits per heavy atom. The number of alkyl halides is 5. The van der Waals surface area contributed by atoms with Gasteiger partial charge >= 0.3 is 6.18 Å². The van der Waals surface area contributed by atoms with Crippen LogP contribution in [0.25, 0.3) is 0 Å². The van der Waals surface area contributed by atoms with Gasteiger partial charge in [0, 0.05) is 12.8 Å². The van der Waals surface area contributed by atoms with Crippen molar-refractivity contribution in [2.75, 3.05) is 0 Å². The van der Waals surface area contributed by atoms with E-state index in [9.17, 15) is 22.0 Å². The minimum absolute atomic E-state index is 0.270. The van der Waals surface area contributed by atoms with Crippen LogP contribution in [0.1, 0.15) is 25.7 Å². The Balaban J connectivity index is 2.50. The van der Waals surface area contributed by atoms with Crippen molar-refractivity contribution in [3.05, 3.63) is 0 Å². The molecule has 0 heterocycles. The molecule has 0 aromatic heterocycles. The van der Waals surface area contributed by atoms with Gasteiger partial charge in [-0.05, 0) is 18.8 Å². The average Bonchev–Trinajstić information content (AvgIpc) is 2.01. The molecule has 1 rings (SSSR count).